The molecule has 0 N–H and O–H groups in total. The number of aryl methyl sites for hydroxylation is 2. The molecule has 3 aromatic rings. The predicted octanol–water partition coefficient (Wildman–Crippen LogP) is 2.70. The Labute approximate surface area is 153 Å². The highest BCUT2D eigenvalue weighted by Gasteiger charge is 2.23. The molecule has 1 fully saturated rings. The van der Waals surface area contributed by atoms with Crippen molar-refractivity contribution in [2.24, 2.45) is 0 Å². The summed E-state index contributed by atoms with van der Waals surface area (Å²) in [6, 6.07) is 13.8. The van der Waals surface area contributed by atoms with Gasteiger partial charge in [-0.05, 0) is 44.5 Å². The quantitative estimate of drug-likeness (QED) is 0.714. The summed E-state index contributed by atoms with van der Waals surface area (Å²) in [5, 5.41) is 8.68. The Hall–Kier alpha value is -2.89. The number of benzene rings is 1. The number of hydrogen-bond donors (Lipinski definition) is 0. The maximum Gasteiger partial charge on any atom is 0.253 e. The van der Waals surface area contributed by atoms with Gasteiger partial charge in [0, 0.05) is 37.4 Å². The Bertz CT molecular complexity index is 931. The number of nitrogens with zero attached hydrogens (tertiary/aromatic N) is 5. The van der Waals surface area contributed by atoms with E-state index in [9.17, 15) is 4.79 Å². The number of anilines is 1. The second-order valence-electron chi connectivity index (χ2n) is 6.86. The summed E-state index contributed by atoms with van der Waals surface area (Å²) >= 11 is 0. The van der Waals surface area contributed by atoms with Crippen LogP contribution in [-0.4, -0.2) is 51.6 Å². The van der Waals surface area contributed by atoms with E-state index >= 15 is 0 Å². The smallest absolute Gasteiger partial charge is 0.253 e. The summed E-state index contributed by atoms with van der Waals surface area (Å²) in [5.41, 5.74) is 3.89. The summed E-state index contributed by atoms with van der Waals surface area (Å²) < 4.78 is 2.08. The van der Waals surface area contributed by atoms with Gasteiger partial charge in [-0.3, -0.25) is 9.20 Å². The first-order valence-corrected chi connectivity index (χ1v) is 9.05. The van der Waals surface area contributed by atoms with Crippen molar-refractivity contribution < 1.29 is 4.79 Å². The van der Waals surface area contributed by atoms with Gasteiger partial charge in [0.15, 0.2) is 5.65 Å². The molecule has 1 aliphatic rings. The van der Waals surface area contributed by atoms with Gasteiger partial charge < -0.3 is 9.80 Å². The fourth-order valence-corrected chi connectivity index (χ4v) is 3.49. The lowest BCUT2D eigenvalue weighted by Gasteiger charge is -2.22. The van der Waals surface area contributed by atoms with Crippen molar-refractivity contribution in [3.63, 3.8) is 0 Å². The first-order valence-electron chi connectivity index (χ1n) is 9.05. The Morgan fingerprint density at radius 2 is 1.73 bits per heavy atom. The van der Waals surface area contributed by atoms with E-state index < -0.39 is 0 Å². The number of hydrogen-bond acceptors (Lipinski definition) is 4. The van der Waals surface area contributed by atoms with Crippen LogP contribution in [0.4, 0.5) is 5.95 Å². The lowest BCUT2D eigenvalue weighted by Crippen LogP contribution is -2.35. The zero-order valence-electron chi connectivity index (χ0n) is 15.2. The van der Waals surface area contributed by atoms with Gasteiger partial charge in [0.05, 0.1) is 0 Å². The minimum Gasteiger partial charge on any atom is -0.339 e. The first kappa shape index (κ1) is 16.6. The van der Waals surface area contributed by atoms with Gasteiger partial charge in [0.2, 0.25) is 5.95 Å². The molecule has 0 aliphatic carbocycles. The van der Waals surface area contributed by atoms with E-state index in [-0.39, 0.29) is 5.91 Å². The van der Waals surface area contributed by atoms with E-state index in [1.54, 1.807) is 0 Å². The Kier molecular flexibility index (Phi) is 4.32. The SMILES string of the molecule is Cc1ccc(C(=O)N2CCCN(c3nnc4cccc(C)n34)CC2)cc1. The van der Waals surface area contributed by atoms with Gasteiger partial charge in [0.25, 0.3) is 5.91 Å². The van der Waals surface area contributed by atoms with Crippen LogP contribution in [0.3, 0.4) is 0 Å². The van der Waals surface area contributed by atoms with Gasteiger partial charge in [-0.1, -0.05) is 23.8 Å². The molecule has 26 heavy (non-hydrogen) atoms. The third-order valence-corrected chi connectivity index (χ3v) is 4.97. The number of aromatic nitrogens is 3. The van der Waals surface area contributed by atoms with Crippen LogP contribution in [0.25, 0.3) is 5.65 Å². The zero-order chi connectivity index (χ0) is 18.1. The Morgan fingerprint density at radius 1 is 0.923 bits per heavy atom. The van der Waals surface area contributed by atoms with Crippen LogP contribution < -0.4 is 4.90 Å². The summed E-state index contributed by atoms with van der Waals surface area (Å²) in [4.78, 5) is 17.0. The van der Waals surface area contributed by atoms with Gasteiger partial charge in [-0.25, -0.2) is 0 Å². The third-order valence-electron chi connectivity index (χ3n) is 4.97. The molecule has 1 saturated heterocycles. The van der Waals surface area contributed by atoms with Crippen molar-refractivity contribution >= 4 is 17.5 Å². The topological polar surface area (TPSA) is 53.7 Å². The molecule has 0 bridgehead atoms. The second kappa shape index (κ2) is 6.78. The first-order chi connectivity index (χ1) is 12.6. The van der Waals surface area contributed by atoms with Gasteiger partial charge >= 0.3 is 0 Å². The van der Waals surface area contributed by atoms with Crippen LogP contribution in [0.5, 0.6) is 0 Å². The normalized spacial score (nSPS) is 15.3. The minimum absolute atomic E-state index is 0.106. The van der Waals surface area contributed by atoms with Crippen molar-refractivity contribution in [2.75, 3.05) is 31.1 Å². The number of pyridine rings is 1. The van der Waals surface area contributed by atoms with Crippen LogP contribution in [0.15, 0.2) is 42.5 Å². The number of rotatable bonds is 2. The molecule has 6 nitrogen and oxygen atoms in total. The largest absolute Gasteiger partial charge is 0.339 e. The average molecular weight is 349 g/mol. The van der Waals surface area contributed by atoms with Crippen molar-refractivity contribution in [1.82, 2.24) is 19.5 Å². The molecular weight excluding hydrogens is 326 g/mol. The third kappa shape index (κ3) is 3.03. The fraction of sp³-hybridized carbons (Fsp3) is 0.350. The summed E-state index contributed by atoms with van der Waals surface area (Å²) in [5.74, 6) is 0.969. The van der Waals surface area contributed by atoms with E-state index in [2.05, 4.69) is 32.5 Å². The molecular formula is C20H23N5O. The molecule has 0 saturated carbocycles. The molecule has 0 radical (unpaired) electrons. The summed E-state index contributed by atoms with van der Waals surface area (Å²) in [7, 11) is 0. The monoisotopic (exact) mass is 349 g/mol. The highest BCUT2D eigenvalue weighted by Crippen LogP contribution is 2.19. The molecule has 4 rings (SSSR count). The van der Waals surface area contributed by atoms with E-state index in [1.165, 1.54) is 0 Å². The molecule has 0 spiro atoms. The van der Waals surface area contributed by atoms with Crippen molar-refractivity contribution in [1.29, 1.82) is 0 Å². The van der Waals surface area contributed by atoms with Crippen LogP contribution >= 0.6 is 0 Å². The molecule has 134 valence electrons. The lowest BCUT2D eigenvalue weighted by atomic mass is 10.1. The van der Waals surface area contributed by atoms with Crippen LogP contribution in [0.2, 0.25) is 0 Å². The minimum atomic E-state index is 0.106. The maximum absolute atomic E-state index is 12.8. The van der Waals surface area contributed by atoms with Crippen molar-refractivity contribution in [3.8, 4) is 0 Å². The van der Waals surface area contributed by atoms with Crippen molar-refractivity contribution in [2.45, 2.75) is 20.3 Å². The number of fused-ring (bicyclic) bond motifs is 1. The van der Waals surface area contributed by atoms with Gasteiger partial charge in [0.1, 0.15) is 0 Å². The van der Waals surface area contributed by atoms with E-state index in [1.807, 2.05) is 48.2 Å². The molecule has 3 heterocycles. The number of carbonyl (C=O) groups excluding carboxylic acids is 1. The zero-order valence-corrected chi connectivity index (χ0v) is 15.2. The predicted molar refractivity (Wildman–Crippen MR) is 102 cm³/mol. The molecule has 1 amide bonds. The van der Waals surface area contributed by atoms with E-state index in [0.29, 0.717) is 6.54 Å². The fourth-order valence-electron chi connectivity index (χ4n) is 3.49. The molecule has 0 unspecified atom stereocenters. The second-order valence-corrected chi connectivity index (χ2v) is 6.86. The molecule has 0 atom stereocenters. The molecule has 6 heteroatoms. The van der Waals surface area contributed by atoms with Crippen LogP contribution in [0.1, 0.15) is 28.0 Å². The van der Waals surface area contributed by atoms with E-state index in [4.69, 9.17) is 0 Å². The summed E-state index contributed by atoms with van der Waals surface area (Å²) in [6.07, 6.45) is 0.915. The summed E-state index contributed by atoms with van der Waals surface area (Å²) in [6.45, 7) is 7.17. The average Bonchev–Trinajstić information content (AvgIpc) is 2.93. The van der Waals surface area contributed by atoms with E-state index in [0.717, 1.165) is 54.5 Å². The van der Waals surface area contributed by atoms with Crippen LogP contribution in [0, 0.1) is 13.8 Å². The van der Waals surface area contributed by atoms with Gasteiger partial charge in [-0.2, -0.15) is 0 Å². The maximum atomic E-state index is 12.8. The molecule has 1 aromatic carbocycles. The number of amides is 1. The number of carbonyl (C=O) groups is 1. The highest BCUT2D eigenvalue weighted by molar-refractivity contribution is 5.94. The van der Waals surface area contributed by atoms with Crippen molar-refractivity contribution in [3.05, 3.63) is 59.3 Å². The standard InChI is InChI=1S/C20H23N5O/c1-15-7-9-17(10-8-15)19(26)23-11-4-12-24(14-13-23)20-22-21-18-6-3-5-16(2)25(18)20/h3,5-10H,4,11-14H2,1-2H3. The van der Waals surface area contributed by atoms with Gasteiger partial charge in [-0.15, -0.1) is 10.2 Å². The molecule has 1 aliphatic heterocycles. The highest BCUT2D eigenvalue weighted by atomic mass is 16.2. The lowest BCUT2D eigenvalue weighted by molar-refractivity contribution is 0.0767. The Morgan fingerprint density at radius 3 is 2.54 bits per heavy atom. The molecule has 2 aromatic heterocycles. The Balaban J connectivity index is 1.53. The van der Waals surface area contributed by atoms with Crippen LogP contribution in [-0.2, 0) is 0 Å².